The van der Waals surface area contributed by atoms with E-state index in [0.717, 1.165) is 29.5 Å². The van der Waals surface area contributed by atoms with E-state index < -0.39 is 11.6 Å². The van der Waals surface area contributed by atoms with Gasteiger partial charge in [-0.3, -0.25) is 4.79 Å². The molecule has 0 N–H and O–H groups in total. The predicted molar refractivity (Wildman–Crippen MR) is 94.8 cm³/mol. The Balaban J connectivity index is 1.45. The number of nitrogens with zero attached hydrogens (tertiary/aromatic N) is 2. The fourth-order valence-corrected chi connectivity index (χ4v) is 3.75. The number of rotatable bonds is 6. The third kappa shape index (κ3) is 3.77. The van der Waals surface area contributed by atoms with Crippen LogP contribution in [0.25, 0.3) is 0 Å². The van der Waals surface area contributed by atoms with Crippen molar-refractivity contribution in [3.8, 4) is 0 Å². The van der Waals surface area contributed by atoms with Crippen LogP contribution < -0.4 is 0 Å². The highest BCUT2D eigenvalue weighted by molar-refractivity contribution is 7.12. The Morgan fingerprint density at radius 1 is 1.31 bits per heavy atom. The summed E-state index contributed by atoms with van der Waals surface area (Å²) in [6.45, 7) is 0.445. The molecular weight excluding hydrogens is 358 g/mol. The van der Waals surface area contributed by atoms with Crippen LogP contribution in [-0.2, 0) is 16.2 Å². The maximum Gasteiger partial charge on any atom is 0.226 e. The molecule has 1 atom stereocenters. The van der Waals surface area contributed by atoms with Crippen LogP contribution in [0.1, 0.15) is 29.7 Å². The first-order chi connectivity index (χ1) is 12.6. The van der Waals surface area contributed by atoms with Gasteiger partial charge in [-0.2, -0.15) is 0 Å². The molecule has 1 aromatic carbocycles. The van der Waals surface area contributed by atoms with Gasteiger partial charge in [0.05, 0.1) is 11.4 Å². The first-order valence-corrected chi connectivity index (χ1v) is 9.47. The molecule has 0 bridgehead atoms. The van der Waals surface area contributed by atoms with E-state index in [1.807, 2.05) is 17.5 Å². The van der Waals surface area contributed by atoms with Crippen LogP contribution in [0.4, 0.5) is 8.78 Å². The SMILES string of the molecule is O=C(C1CC1)N(Cc1ccc(F)cc1F)C[C@@H]1CC(c2cccs2)=NO1. The van der Waals surface area contributed by atoms with Crippen molar-refractivity contribution in [2.45, 2.75) is 31.9 Å². The molecule has 1 saturated carbocycles. The Hall–Kier alpha value is -2.28. The molecule has 0 saturated heterocycles. The number of halogens is 2. The quantitative estimate of drug-likeness (QED) is 0.766. The van der Waals surface area contributed by atoms with Crippen LogP contribution in [0.5, 0.6) is 0 Å². The molecule has 1 aliphatic carbocycles. The number of carbonyl (C=O) groups is 1. The zero-order valence-electron chi connectivity index (χ0n) is 14.0. The second-order valence-electron chi connectivity index (χ2n) is 6.68. The number of hydrogen-bond donors (Lipinski definition) is 0. The Morgan fingerprint density at radius 2 is 2.15 bits per heavy atom. The molecule has 136 valence electrons. The first kappa shape index (κ1) is 17.1. The number of benzene rings is 1. The summed E-state index contributed by atoms with van der Waals surface area (Å²) in [7, 11) is 0. The van der Waals surface area contributed by atoms with E-state index in [-0.39, 0.29) is 24.5 Å². The highest BCUT2D eigenvalue weighted by Crippen LogP contribution is 2.32. The minimum absolute atomic E-state index is 0.00176. The van der Waals surface area contributed by atoms with Gasteiger partial charge in [-0.05, 0) is 30.4 Å². The van der Waals surface area contributed by atoms with E-state index in [0.29, 0.717) is 18.5 Å². The van der Waals surface area contributed by atoms with Crippen molar-refractivity contribution in [1.82, 2.24) is 4.90 Å². The zero-order valence-corrected chi connectivity index (χ0v) is 14.8. The molecule has 2 aliphatic rings. The predicted octanol–water partition coefficient (Wildman–Crippen LogP) is 3.96. The van der Waals surface area contributed by atoms with Crippen LogP contribution in [0.2, 0.25) is 0 Å². The van der Waals surface area contributed by atoms with Crippen molar-refractivity contribution < 1.29 is 18.4 Å². The Kier molecular flexibility index (Phi) is 4.72. The molecular formula is C19H18F2N2O2S. The zero-order chi connectivity index (χ0) is 18.1. The average molecular weight is 376 g/mol. The van der Waals surface area contributed by atoms with Crippen molar-refractivity contribution in [2.75, 3.05) is 6.54 Å². The average Bonchev–Trinajstić information content (AvgIpc) is 3.12. The summed E-state index contributed by atoms with van der Waals surface area (Å²) >= 11 is 1.59. The molecule has 4 rings (SSSR count). The molecule has 1 aromatic heterocycles. The van der Waals surface area contributed by atoms with Gasteiger partial charge < -0.3 is 9.74 Å². The topological polar surface area (TPSA) is 41.9 Å². The third-order valence-corrected chi connectivity index (χ3v) is 5.50. The lowest BCUT2D eigenvalue weighted by atomic mass is 10.1. The monoisotopic (exact) mass is 376 g/mol. The van der Waals surface area contributed by atoms with E-state index in [1.54, 1.807) is 16.2 Å². The molecule has 0 spiro atoms. The van der Waals surface area contributed by atoms with Crippen LogP contribution in [0, 0.1) is 17.6 Å². The Bertz CT molecular complexity index is 834. The van der Waals surface area contributed by atoms with Gasteiger partial charge in [0.25, 0.3) is 0 Å². The van der Waals surface area contributed by atoms with Crippen molar-refractivity contribution in [1.29, 1.82) is 0 Å². The minimum Gasteiger partial charge on any atom is -0.390 e. The molecule has 0 unspecified atom stereocenters. The standard InChI is InChI=1S/C19H18F2N2O2S/c20-14-6-5-13(16(21)8-14)10-23(19(24)12-3-4-12)11-15-9-17(22-25-15)18-2-1-7-26-18/h1-2,5-8,12,15H,3-4,9-11H2/t15-/m0/s1. The van der Waals surface area contributed by atoms with Gasteiger partial charge >= 0.3 is 0 Å². The number of carbonyl (C=O) groups excluding carboxylic acids is 1. The maximum atomic E-state index is 14.0. The molecule has 1 fully saturated rings. The molecule has 2 aromatic rings. The van der Waals surface area contributed by atoms with E-state index in [2.05, 4.69) is 5.16 Å². The molecule has 7 heteroatoms. The van der Waals surface area contributed by atoms with Gasteiger partial charge in [0.2, 0.25) is 5.91 Å². The number of amides is 1. The fourth-order valence-electron chi connectivity index (χ4n) is 3.04. The van der Waals surface area contributed by atoms with Gasteiger partial charge in [0.1, 0.15) is 17.3 Å². The maximum absolute atomic E-state index is 14.0. The molecule has 0 radical (unpaired) electrons. The lowest BCUT2D eigenvalue weighted by molar-refractivity contribution is -0.135. The first-order valence-electron chi connectivity index (χ1n) is 8.59. The summed E-state index contributed by atoms with van der Waals surface area (Å²) in [6, 6.07) is 7.38. The van der Waals surface area contributed by atoms with Crippen LogP contribution in [0.15, 0.2) is 40.9 Å². The second kappa shape index (κ2) is 7.15. The summed E-state index contributed by atoms with van der Waals surface area (Å²) < 4.78 is 27.2. The number of thiophene rings is 1. The molecule has 4 nitrogen and oxygen atoms in total. The van der Waals surface area contributed by atoms with Crippen LogP contribution in [0.3, 0.4) is 0 Å². The molecule has 1 aliphatic heterocycles. The summed E-state index contributed by atoms with van der Waals surface area (Å²) in [5.41, 5.74) is 1.18. The molecule has 2 heterocycles. The van der Waals surface area contributed by atoms with Crippen LogP contribution in [-0.4, -0.2) is 29.2 Å². The van der Waals surface area contributed by atoms with E-state index in [4.69, 9.17) is 4.84 Å². The smallest absolute Gasteiger partial charge is 0.226 e. The molecule has 1 amide bonds. The lowest BCUT2D eigenvalue weighted by Crippen LogP contribution is -2.38. The third-order valence-electron chi connectivity index (χ3n) is 4.58. The summed E-state index contributed by atoms with van der Waals surface area (Å²) in [6.07, 6.45) is 2.09. The van der Waals surface area contributed by atoms with Gasteiger partial charge in [-0.15, -0.1) is 11.3 Å². The highest BCUT2D eigenvalue weighted by Gasteiger charge is 2.36. The normalized spacial score (nSPS) is 19.2. The molecule has 26 heavy (non-hydrogen) atoms. The van der Waals surface area contributed by atoms with Gasteiger partial charge in [-0.25, -0.2) is 8.78 Å². The largest absolute Gasteiger partial charge is 0.390 e. The van der Waals surface area contributed by atoms with Crippen molar-refractivity contribution in [2.24, 2.45) is 11.1 Å². The number of oxime groups is 1. The minimum atomic E-state index is -0.638. The summed E-state index contributed by atoms with van der Waals surface area (Å²) in [5, 5.41) is 6.11. The van der Waals surface area contributed by atoms with Crippen LogP contribution >= 0.6 is 11.3 Å². The van der Waals surface area contributed by atoms with Gasteiger partial charge in [-0.1, -0.05) is 17.3 Å². The highest BCUT2D eigenvalue weighted by atomic mass is 32.1. The van der Waals surface area contributed by atoms with Crippen molar-refractivity contribution in [3.05, 3.63) is 57.8 Å². The van der Waals surface area contributed by atoms with Crippen molar-refractivity contribution in [3.63, 3.8) is 0 Å². The summed E-state index contributed by atoms with van der Waals surface area (Å²) in [5.74, 6) is -1.25. The fraction of sp³-hybridized carbons (Fsp3) is 0.368. The van der Waals surface area contributed by atoms with E-state index >= 15 is 0 Å². The number of hydrogen-bond acceptors (Lipinski definition) is 4. The van der Waals surface area contributed by atoms with Gasteiger partial charge in [0, 0.05) is 30.5 Å². The second-order valence-corrected chi connectivity index (χ2v) is 7.62. The Morgan fingerprint density at radius 3 is 2.85 bits per heavy atom. The summed E-state index contributed by atoms with van der Waals surface area (Å²) in [4.78, 5) is 20.8. The Labute approximate surface area is 154 Å². The van der Waals surface area contributed by atoms with Crippen molar-refractivity contribution >= 4 is 23.0 Å². The van der Waals surface area contributed by atoms with Gasteiger partial charge in [0.15, 0.2) is 6.10 Å². The van der Waals surface area contributed by atoms with E-state index in [1.165, 1.54) is 12.1 Å². The van der Waals surface area contributed by atoms with E-state index in [9.17, 15) is 13.6 Å². The lowest BCUT2D eigenvalue weighted by Gasteiger charge is -2.25.